The Morgan fingerprint density at radius 3 is 2.86 bits per heavy atom. The molecule has 0 atom stereocenters. The molecule has 0 aliphatic rings. The van der Waals surface area contributed by atoms with Crippen LogP contribution in [0.4, 0.5) is 5.69 Å². The normalized spacial score (nSPS) is 10.8. The SMILES string of the molecule is C=CCNC(=O)/C=C\c1ccc(OCCC(C)C)c(N)c1. The Morgan fingerprint density at radius 1 is 1.48 bits per heavy atom. The lowest BCUT2D eigenvalue weighted by molar-refractivity contribution is -0.116. The van der Waals surface area contributed by atoms with E-state index < -0.39 is 0 Å². The zero-order valence-electron chi connectivity index (χ0n) is 12.8. The lowest BCUT2D eigenvalue weighted by atomic mass is 10.1. The highest BCUT2D eigenvalue weighted by Crippen LogP contribution is 2.23. The molecule has 0 spiro atoms. The minimum Gasteiger partial charge on any atom is -0.491 e. The highest BCUT2D eigenvalue weighted by Gasteiger charge is 2.02. The number of carbonyl (C=O) groups is 1. The fourth-order valence-electron chi connectivity index (χ4n) is 1.61. The van der Waals surface area contributed by atoms with E-state index in [0.717, 1.165) is 12.0 Å². The van der Waals surface area contributed by atoms with Gasteiger partial charge in [0.1, 0.15) is 5.75 Å². The van der Waals surface area contributed by atoms with Crippen molar-refractivity contribution in [1.82, 2.24) is 5.32 Å². The number of rotatable bonds is 8. The van der Waals surface area contributed by atoms with Crippen LogP contribution in [0.3, 0.4) is 0 Å². The average Bonchev–Trinajstić information content (AvgIpc) is 2.44. The van der Waals surface area contributed by atoms with E-state index in [-0.39, 0.29) is 5.91 Å². The third-order valence-electron chi connectivity index (χ3n) is 2.83. The van der Waals surface area contributed by atoms with E-state index in [4.69, 9.17) is 10.5 Å². The molecule has 1 rings (SSSR count). The summed E-state index contributed by atoms with van der Waals surface area (Å²) in [6, 6.07) is 5.50. The summed E-state index contributed by atoms with van der Waals surface area (Å²) in [5, 5.41) is 2.67. The second-order valence-corrected chi connectivity index (χ2v) is 5.20. The zero-order valence-corrected chi connectivity index (χ0v) is 12.8. The molecule has 0 unspecified atom stereocenters. The first-order valence-corrected chi connectivity index (χ1v) is 7.12. The van der Waals surface area contributed by atoms with Crippen molar-refractivity contribution >= 4 is 17.7 Å². The summed E-state index contributed by atoms with van der Waals surface area (Å²) in [7, 11) is 0. The molecule has 0 bridgehead atoms. The van der Waals surface area contributed by atoms with Crippen LogP contribution in [0.1, 0.15) is 25.8 Å². The Balaban J connectivity index is 2.58. The summed E-state index contributed by atoms with van der Waals surface area (Å²) < 4.78 is 5.64. The van der Waals surface area contributed by atoms with E-state index in [0.29, 0.717) is 30.5 Å². The van der Waals surface area contributed by atoms with Gasteiger partial charge >= 0.3 is 0 Å². The summed E-state index contributed by atoms with van der Waals surface area (Å²) in [5.74, 6) is 1.12. The molecular formula is C17H24N2O2. The summed E-state index contributed by atoms with van der Waals surface area (Å²) in [6.45, 7) is 8.95. The van der Waals surface area contributed by atoms with Gasteiger partial charge < -0.3 is 15.8 Å². The first-order chi connectivity index (χ1) is 10.0. The van der Waals surface area contributed by atoms with Gasteiger partial charge in [0.2, 0.25) is 5.91 Å². The standard InChI is InChI=1S/C17H24N2O2/c1-4-10-19-17(20)8-6-14-5-7-16(15(18)12-14)21-11-9-13(2)3/h4-8,12-13H,1,9-11,18H2,2-3H3,(H,19,20)/b8-6-. The minimum absolute atomic E-state index is 0.161. The van der Waals surface area contributed by atoms with Crippen LogP contribution in [-0.4, -0.2) is 19.1 Å². The van der Waals surface area contributed by atoms with Crippen molar-refractivity contribution in [2.45, 2.75) is 20.3 Å². The number of carbonyl (C=O) groups excluding carboxylic acids is 1. The number of nitrogens with one attached hydrogen (secondary N) is 1. The third-order valence-corrected chi connectivity index (χ3v) is 2.83. The third kappa shape index (κ3) is 6.65. The summed E-state index contributed by atoms with van der Waals surface area (Å²) in [6.07, 6.45) is 5.81. The number of hydrogen-bond acceptors (Lipinski definition) is 3. The average molecular weight is 288 g/mol. The molecule has 4 heteroatoms. The largest absolute Gasteiger partial charge is 0.491 e. The van der Waals surface area contributed by atoms with Crippen LogP contribution < -0.4 is 15.8 Å². The van der Waals surface area contributed by atoms with E-state index in [1.165, 1.54) is 6.08 Å². The van der Waals surface area contributed by atoms with Crippen LogP contribution in [0.2, 0.25) is 0 Å². The van der Waals surface area contributed by atoms with E-state index in [9.17, 15) is 4.79 Å². The maximum absolute atomic E-state index is 11.4. The molecule has 1 amide bonds. The van der Waals surface area contributed by atoms with Crippen molar-refractivity contribution in [3.8, 4) is 5.75 Å². The molecule has 3 N–H and O–H groups in total. The second-order valence-electron chi connectivity index (χ2n) is 5.20. The predicted molar refractivity (Wildman–Crippen MR) is 88.0 cm³/mol. The van der Waals surface area contributed by atoms with Gasteiger partial charge in [-0.1, -0.05) is 26.0 Å². The molecule has 1 aromatic carbocycles. The molecule has 0 fully saturated rings. The fourth-order valence-corrected chi connectivity index (χ4v) is 1.61. The Bertz CT molecular complexity index is 508. The lowest BCUT2D eigenvalue weighted by Gasteiger charge is -2.10. The van der Waals surface area contributed by atoms with Gasteiger partial charge in [0.15, 0.2) is 0 Å². The Morgan fingerprint density at radius 2 is 2.24 bits per heavy atom. The Hall–Kier alpha value is -2.23. The van der Waals surface area contributed by atoms with Crippen LogP contribution in [0, 0.1) is 5.92 Å². The monoisotopic (exact) mass is 288 g/mol. The highest BCUT2D eigenvalue weighted by atomic mass is 16.5. The second kappa shape index (κ2) is 8.84. The maximum Gasteiger partial charge on any atom is 0.244 e. The first-order valence-electron chi connectivity index (χ1n) is 7.12. The molecule has 114 valence electrons. The number of amides is 1. The molecule has 0 saturated carbocycles. The van der Waals surface area contributed by atoms with Gasteiger partial charge in [-0.05, 0) is 36.1 Å². The quantitative estimate of drug-likeness (QED) is 0.439. The molecular weight excluding hydrogens is 264 g/mol. The van der Waals surface area contributed by atoms with Crippen molar-refractivity contribution in [3.05, 3.63) is 42.5 Å². The number of nitrogen functional groups attached to an aromatic ring is 1. The van der Waals surface area contributed by atoms with Gasteiger partial charge in [0.25, 0.3) is 0 Å². The molecule has 0 aromatic heterocycles. The van der Waals surface area contributed by atoms with E-state index in [1.807, 2.05) is 12.1 Å². The number of ether oxygens (including phenoxy) is 1. The van der Waals surface area contributed by atoms with Crippen LogP contribution in [-0.2, 0) is 4.79 Å². The smallest absolute Gasteiger partial charge is 0.244 e. The molecule has 1 aromatic rings. The molecule has 0 radical (unpaired) electrons. The van der Waals surface area contributed by atoms with Gasteiger partial charge in [0.05, 0.1) is 12.3 Å². The van der Waals surface area contributed by atoms with Crippen molar-refractivity contribution in [2.24, 2.45) is 5.92 Å². The van der Waals surface area contributed by atoms with Gasteiger partial charge in [-0.3, -0.25) is 4.79 Å². The minimum atomic E-state index is -0.161. The molecule has 0 saturated heterocycles. The van der Waals surface area contributed by atoms with Crippen LogP contribution >= 0.6 is 0 Å². The van der Waals surface area contributed by atoms with E-state index in [1.54, 1.807) is 18.2 Å². The van der Waals surface area contributed by atoms with Crippen molar-refractivity contribution < 1.29 is 9.53 Å². The van der Waals surface area contributed by atoms with E-state index in [2.05, 4.69) is 25.7 Å². The van der Waals surface area contributed by atoms with Crippen LogP contribution in [0.25, 0.3) is 6.08 Å². The van der Waals surface area contributed by atoms with Gasteiger partial charge in [0, 0.05) is 12.6 Å². The Labute approximate surface area is 126 Å². The topological polar surface area (TPSA) is 64.3 Å². The molecule has 4 nitrogen and oxygen atoms in total. The molecule has 21 heavy (non-hydrogen) atoms. The van der Waals surface area contributed by atoms with Crippen LogP contribution in [0.5, 0.6) is 5.75 Å². The van der Waals surface area contributed by atoms with E-state index >= 15 is 0 Å². The molecule has 0 aliphatic carbocycles. The lowest BCUT2D eigenvalue weighted by Crippen LogP contribution is -2.20. The number of hydrogen-bond donors (Lipinski definition) is 2. The maximum atomic E-state index is 11.4. The summed E-state index contributed by atoms with van der Waals surface area (Å²) >= 11 is 0. The Kier molecular flexibility index (Phi) is 7.09. The summed E-state index contributed by atoms with van der Waals surface area (Å²) in [4.78, 5) is 11.4. The molecule has 0 aliphatic heterocycles. The highest BCUT2D eigenvalue weighted by molar-refractivity contribution is 5.91. The van der Waals surface area contributed by atoms with Gasteiger partial charge in [-0.15, -0.1) is 6.58 Å². The van der Waals surface area contributed by atoms with Crippen molar-refractivity contribution in [2.75, 3.05) is 18.9 Å². The van der Waals surface area contributed by atoms with Crippen LogP contribution in [0.15, 0.2) is 36.9 Å². The number of nitrogens with two attached hydrogens (primary N) is 1. The number of benzene rings is 1. The first kappa shape index (κ1) is 16.8. The fraction of sp³-hybridized carbons (Fsp3) is 0.353. The number of anilines is 1. The van der Waals surface area contributed by atoms with Gasteiger partial charge in [-0.2, -0.15) is 0 Å². The zero-order chi connectivity index (χ0) is 15.7. The predicted octanol–water partition coefficient (Wildman–Crippen LogP) is 3.01. The van der Waals surface area contributed by atoms with Crippen molar-refractivity contribution in [3.63, 3.8) is 0 Å². The summed E-state index contributed by atoms with van der Waals surface area (Å²) in [5.41, 5.74) is 7.39. The van der Waals surface area contributed by atoms with Gasteiger partial charge in [-0.25, -0.2) is 0 Å². The molecule has 0 heterocycles. The van der Waals surface area contributed by atoms with Crippen molar-refractivity contribution in [1.29, 1.82) is 0 Å².